The van der Waals surface area contributed by atoms with Crippen molar-refractivity contribution in [3.63, 3.8) is 0 Å². The van der Waals surface area contributed by atoms with Gasteiger partial charge in [-0.05, 0) is 32.6 Å². The van der Waals surface area contributed by atoms with E-state index in [1.54, 1.807) is 6.92 Å². The van der Waals surface area contributed by atoms with Crippen LogP contribution in [0.4, 0.5) is 0 Å². The van der Waals surface area contributed by atoms with E-state index < -0.39 is 5.41 Å². The molecule has 2 heterocycles. The molecule has 0 atom stereocenters. The lowest BCUT2D eigenvalue weighted by Gasteiger charge is -2.38. The van der Waals surface area contributed by atoms with E-state index in [2.05, 4.69) is 16.5 Å². The van der Waals surface area contributed by atoms with Crippen molar-refractivity contribution < 1.29 is 14.1 Å². The molecule has 1 aromatic heterocycles. The SMILES string of the molecule is Cc1oncc1C(=O)NC1CCN(C(=O)C2(C#N)CCCCC2)CC1. The zero-order valence-corrected chi connectivity index (χ0v) is 14.6. The van der Waals surface area contributed by atoms with Crippen LogP contribution in [0.2, 0.25) is 0 Å². The van der Waals surface area contributed by atoms with Gasteiger partial charge in [0, 0.05) is 19.1 Å². The van der Waals surface area contributed by atoms with Crippen LogP contribution in [0.25, 0.3) is 0 Å². The molecule has 7 heteroatoms. The van der Waals surface area contributed by atoms with Crippen molar-refractivity contribution in [3.05, 3.63) is 17.5 Å². The van der Waals surface area contributed by atoms with Gasteiger partial charge in [-0.1, -0.05) is 24.4 Å². The lowest BCUT2D eigenvalue weighted by Crippen LogP contribution is -2.51. The Morgan fingerprint density at radius 2 is 2.00 bits per heavy atom. The predicted octanol–water partition coefficient (Wildman–Crippen LogP) is 2.18. The average molecular weight is 344 g/mol. The van der Waals surface area contributed by atoms with Gasteiger partial charge in [-0.15, -0.1) is 0 Å². The summed E-state index contributed by atoms with van der Waals surface area (Å²) in [6, 6.07) is 2.33. The van der Waals surface area contributed by atoms with E-state index in [-0.39, 0.29) is 17.9 Å². The molecule has 1 aliphatic carbocycles. The highest BCUT2D eigenvalue weighted by Crippen LogP contribution is 2.38. The van der Waals surface area contributed by atoms with Gasteiger partial charge in [-0.2, -0.15) is 5.26 Å². The predicted molar refractivity (Wildman–Crippen MR) is 89.4 cm³/mol. The highest BCUT2D eigenvalue weighted by molar-refractivity contribution is 5.95. The molecule has 2 aliphatic rings. The number of nitriles is 1. The smallest absolute Gasteiger partial charge is 0.256 e. The number of carbonyl (C=O) groups excluding carboxylic acids is 2. The van der Waals surface area contributed by atoms with Crippen LogP contribution in [0.1, 0.15) is 61.1 Å². The standard InChI is InChI=1S/C18H24N4O3/c1-13-15(11-20-25-13)16(23)21-14-5-9-22(10-6-14)17(24)18(12-19)7-3-2-4-8-18/h11,14H,2-10H2,1H3,(H,21,23). The maximum absolute atomic E-state index is 12.9. The third-order valence-corrected chi connectivity index (χ3v) is 5.44. The molecular weight excluding hydrogens is 320 g/mol. The molecule has 0 bridgehead atoms. The summed E-state index contributed by atoms with van der Waals surface area (Å²) in [5.74, 6) is 0.289. The van der Waals surface area contributed by atoms with Gasteiger partial charge in [0.1, 0.15) is 16.7 Å². The molecule has 0 unspecified atom stereocenters. The largest absolute Gasteiger partial charge is 0.361 e. The van der Waals surface area contributed by atoms with E-state index in [0.29, 0.717) is 50.1 Å². The van der Waals surface area contributed by atoms with Crippen LogP contribution in [-0.2, 0) is 4.79 Å². The first-order chi connectivity index (χ1) is 12.1. The van der Waals surface area contributed by atoms with Gasteiger partial charge < -0.3 is 14.7 Å². The first-order valence-corrected chi connectivity index (χ1v) is 8.98. The molecule has 0 aromatic carbocycles. The van der Waals surface area contributed by atoms with Crippen LogP contribution < -0.4 is 5.32 Å². The second-order valence-electron chi connectivity index (χ2n) is 7.09. The molecular formula is C18H24N4O3. The van der Waals surface area contributed by atoms with Gasteiger partial charge in [0.25, 0.3) is 5.91 Å². The Morgan fingerprint density at radius 3 is 2.56 bits per heavy atom. The van der Waals surface area contributed by atoms with Gasteiger partial charge >= 0.3 is 0 Å². The van der Waals surface area contributed by atoms with E-state index >= 15 is 0 Å². The fraction of sp³-hybridized carbons (Fsp3) is 0.667. The van der Waals surface area contributed by atoms with Gasteiger partial charge in [-0.25, -0.2) is 0 Å². The summed E-state index contributed by atoms with van der Waals surface area (Å²) in [6.45, 7) is 2.86. The number of piperidine rings is 1. The Kier molecular flexibility index (Phi) is 5.07. The van der Waals surface area contributed by atoms with E-state index in [9.17, 15) is 14.9 Å². The fourth-order valence-electron chi connectivity index (χ4n) is 3.84. The van der Waals surface area contributed by atoms with Crippen molar-refractivity contribution >= 4 is 11.8 Å². The summed E-state index contributed by atoms with van der Waals surface area (Å²) in [7, 11) is 0. The zero-order valence-electron chi connectivity index (χ0n) is 14.6. The van der Waals surface area contributed by atoms with Crippen LogP contribution >= 0.6 is 0 Å². The Hall–Kier alpha value is -2.36. The monoisotopic (exact) mass is 344 g/mol. The Morgan fingerprint density at radius 1 is 1.32 bits per heavy atom. The first-order valence-electron chi connectivity index (χ1n) is 8.98. The molecule has 0 spiro atoms. The number of aromatic nitrogens is 1. The quantitative estimate of drug-likeness (QED) is 0.906. The maximum atomic E-state index is 12.9. The van der Waals surface area contributed by atoms with Crippen LogP contribution in [0.15, 0.2) is 10.7 Å². The number of amides is 2. The molecule has 7 nitrogen and oxygen atoms in total. The fourth-order valence-corrected chi connectivity index (χ4v) is 3.84. The molecule has 2 amide bonds. The van der Waals surface area contributed by atoms with Crippen LogP contribution in [0, 0.1) is 23.7 Å². The Labute approximate surface area is 147 Å². The molecule has 25 heavy (non-hydrogen) atoms. The summed E-state index contributed by atoms with van der Waals surface area (Å²) < 4.78 is 4.92. The van der Waals surface area contributed by atoms with Gasteiger partial charge in [0.05, 0.1) is 12.3 Å². The summed E-state index contributed by atoms with van der Waals surface area (Å²) in [6.07, 6.45) is 7.16. The van der Waals surface area contributed by atoms with E-state index in [0.717, 1.165) is 19.3 Å². The highest BCUT2D eigenvalue weighted by Gasteiger charge is 2.43. The van der Waals surface area contributed by atoms with Gasteiger partial charge in [0.2, 0.25) is 5.91 Å². The molecule has 1 aliphatic heterocycles. The number of aryl methyl sites for hydroxylation is 1. The number of nitrogens with one attached hydrogen (secondary N) is 1. The Bertz CT molecular complexity index is 677. The maximum Gasteiger partial charge on any atom is 0.256 e. The lowest BCUT2D eigenvalue weighted by molar-refractivity contribution is -0.141. The molecule has 0 radical (unpaired) electrons. The number of likely N-dealkylation sites (tertiary alicyclic amines) is 1. The number of hydrogen-bond acceptors (Lipinski definition) is 5. The molecule has 2 fully saturated rings. The number of carbonyl (C=O) groups is 2. The van der Waals surface area contributed by atoms with Gasteiger partial charge in [0.15, 0.2) is 0 Å². The topological polar surface area (TPSA) is 99.2 Å². The summed E-state index contributed by atoms with van der Waals surface area (Å²) in [4.78, 5) is 26.9. The van der Waals surface area contributed by atoms with Crippen molar-refractivity contribution in [1.29, 1.82) is 5.26 Å². The van der Waals surface area contributed by atoms with Crippen LogP contribution in [-0.4, -0.2) is 41.0 Å². The minimum Gasteiger partial charge on any atom is -0.361 e. The normalized spacial score (nSPS) is 20.7. The van der Waals surface area contributed by atoms with Gasteiger partial charge in [-0.3, -0.25) is 9.59 Å². The van der Waals surface area contributed by atoms with Crippen molar-refractivity contribution in [3.8, 4) is 6.07 Å². The minimum atomic E-state index is -0.825. The molecule has 1 N–H and O–H groups in total. The van der Waals surface area contributed by atoms with Crippen molar-refractivity contribution in [2.24, 2.45) is 5.41 Å². The van der Waals surface area contributed by atoms with Crippen molar-refractivity contribution in [2.75, 3.05) is 13.1 Å². The highest BCUT2D eigenvalue weighted by atomic mass is 16.5. The number of rotatable bonds is 3. The summed E-state index contributed by atoms with van der Waals surface area (Å²) >= 11 is 0. The second-order valence-corrected chi connectivity index (χ2v) is 7.09. The van der Waals surface area contributed by atoms with Crippen LogP contribution in [0.5, 0.6) is 0 Å². The zero-order chi connectivity index (χ0) is 17.9. The summed E-state index contributed by atoms with van der Waals surface area (Å²) in [5.41, 5.74) is -0.377. The van der Waals surface area contributed by atoms with E-state index in [1.807, 2.05) is 4.90 Å². The molecule has 1 saturated carbocycles. The molecule has 3 rings (SSSR count). The third kappa shape index (κ3) is 3.53. The first kappa shape index (κ1) is 17.5. The lowest BCUT2D eigenvalue weighted by atomic mass is 9.74. The number of nitrogens with zero attached hydrogens (tertiary/aromatic N) is 3. The van der Waals surface area contributed by atoms with E-state index in [1.165, 1.54) is 6.20 Å². The molecule has 1 saturated heterocycles. The van der Waals surface area contributed by atoms with Crippen molar-refractivity contribution in [1.82, 2.24) is 15.4 Å². The second kappa shape index (κ2) is 7.26. The van der Waals surface area contributed by atoms with E-state index in [4.69, 9.17) is 4.52 Å². The van der Waals surface area contributed by atoms with Crippen molar-refractivity contribution in [2.45, 2.75) is 57.9 Å². The molecule has 1 aromatic rings. The Balaban J connectivity index is 1.55. The average Bonchev–Trinajstić information content (AvgIpc) is 3.08. The molecule has 134 valence electrons. The minimum absolute atomic E-state index is 0.0191. The third-order valence-electron chi connectivity index (χ3n) is 5.44. The number of hydrogen-bond donors (Lipinski definition) is 1. The summed E-state index contributed by atoms with van der Waals surface area (Å²) in [5, 5.41) is 16.2. The van der Waals surface area contributed by atoms with Crippen LogP contribution in [0.3, 0.4) is 0 Å².